The smallest absolute Gasteiger partial charge is 0.332 e. The first-order chi connectivity index (χ1) is 19.0. The Balaban J connectivity index is 1.65. The number of rotatable bonds is 27. The zero-order chi connectivity index (χ0) is 28.3. The van der Waals surface area contributed by atoms with Gasteiger partial charge in [0.05, 0.1) is 106 Å². The van der Waals surface area contributed by atoms with Crippen LogP contribution in [0.2, 0.25) is 0 Å². The van der Waals surface area contributed by atoms with Crippen LogP contribution in [0.5, 0.6) is 0 Å². The second kappa shape index (κ2) is 26.0. The largest absolute Gasteiger partial charge is 0.458 e. The molecule has 0 saturated carbocycles. The molecule has 1 aliphatic rings. The molecular weight excluding hydrogens is 516 g/mol. The van der Waals surface area contributed by atoms with Crippen LogP contribution in [0.3, 0.4) is 0 Å². The summed E-state index contributed by atoms with van der Waals surface area (Å²) in [4.78, 5) is 11.5. The van der Waals surface area contributed by atoms with E-state index in [-0.39, 0.29) is 18.9 Å². The van der Waals surface area contributed by atoms with Gasteiger partial charge >= 0.3 is 5.97 Å². The predicted octanol–water partition coefficient (Wildman–Crippen LogP) is 2.00. The van der Waals surface area contributed by atoms with Crippen molar-refractivity contribution < 1.29 is 56.9 Å². The molecule has 1 saturated heterocycles. The number of esters is 1. The number of hydrogen-bond acceptors (Lipinski definition) is 12. The highest BCUT2D eigenvalue weighted by atomic mass is 16.7. The second-order valence-electron chi connectivity index (χ2n) is 9.59. The molecule has 1 heterocycles. The zero-order valence-electron chi connectivity index (χ0n) is 24.3. The van der Waals surface area contributed by atoms with Crippen LogP contribution in [0.1, 0.15) is 40.0 Å². The molecule has 1 atom stereocenters. The highest BCUT2D eigenvalue weighted by Crippen LogP contribution is 2.13. The van der Waals surface area contributed by atoms with Crippen LogP contribution < -0.4 is 0 Å². The van der Waals surface area contributed by atoms with E-state index in [9.17, 15) is 4.79 Å². The summed E-state index contributed by atoms with van der Waals surface area (Å²) in [6, 6.07) is 0. The summed E-state index contributed by atoms with van der Waals surface area (Å²) in [5.74, 6) is -0.383. The Morgan fingerprint density at radius 1 is 0.590 bits per heavy atom. The summed E-state index contributed by atoms with van der Waals surface area (Å²) in [6.07, 6.45) is 3.18. The van der Waals surface area contributed by atoms with Gasteiger partial charge in [-0.2, -0.15) is 0 Å². The summed E-state index contributed by atoms with van der Waals surface area (Å²) in [7, 11) is 0. The van der Waals surface area contributed by atoms with Crippen LogP contribution in [0.25, 0.3) is 0 Å². The van der Waals surface area contributed by atoms with Gasteiger partial charge in [-0.05, 0) is 40.0 Å². The van der Waals surface area contributed by atoms with Crippen LogP contribution in [0, 0.1) is 0 Å². The van der Waals surface area contributed by atoms with Crippen molar-refractivity contribution in [3.05, 3.63) is 0 Å². The van der Waals surface area contributed by atoms with Crippen molar-refractivity contribution in [1.29, 1.82) is 0 Å². The average Bonchev–Trinajstić information content (AvgIpc) is 2.90. The van der Waals surface area contributed by atoms with Crippen molar-refractivity contribution in [1.82, 2.24) is 0 Å². The molecule has 0 aromatic heterocycles. The van der Waals surface area contributed by atoms with Gasteiger partial charge in [-0.3, -0.25) is 0 Å². The molecule has 0 aromatic rings. The molecule has 0 amide bonds. The van der Waals surface area contributed by atoms with Crippen LogP contribution in [0.4, 0.5) is 0 Å². The first-order valence-corrected chi connectivity index (χ1v) is 14.0. The van der Waals surface area contributed by atoms with E-state index in [0.29, 0.717) is 106 Å². The van der Waals surface area contributed by atoms with Gasteiger partial charge in [-0.1, -0.05) is 0 Å². The first-order valence-electron chi connectivity index (χ1n) is 14.0. The van der Waals surface area contributed by atoms with Gasteiger partial charge in [0.2, 0.25) is 0 Å². The predicted molar refractivity (Wildman–Crippen MR) is 142 cm³/mol. The molecule has 0 spiro atoms. The fraction of sp³-hybridized carbons (Fsp3) is 0.963. The lowest BCUT2D eigenvalue weighted by atomic mass is 10.2. The normalized spacial score (nSPS) is 16.0. The summed E-state index contributed by atoms with van der Waals surface area (Å²) >= 11 is 0. The van der Waals surface area contributed by atoms with E-state index < -0.39 is 5.60 Å². The molecule has 232 valence electrons. The van der Waals surface area contributed by atoms with Crippen molar-refractivity contribution in [3.8, 4) is 0 Å². The fourth-order valence-electron chi connectivity index (χ4n) is 3.15. The molecule has 0 radical (unpaired) electrons. The number of carbonyl (C=O) groups is 1. The van der Waals surface area contributed by atoms with Gasteiger partial charge in [0.15, 0.2) is 6.29 Å². The van der Waals surface area contributed by atoms with E-state index in [2.05, 4.69) is 0 Å². The van der Waals surface area contributed by atoms with Gasteiger partial charge in [0.25, 0.3) is 0 Å². The van der Waals surface area contributed by atoms with E-state index in [1.807, 2.05) is 20.8 Å². The van der Waals surface area contributed by atoms with Crippen molar-refractivity contribution in [3.63, 3.8) is 0 Å². The monoisotopic (exact) mass is 568 g/mol. The first kappa shape index (κ1) is 36.1. The minimum atomic E-state index is -0.506. The van der Waals surface area contributed by atoms with E-state index in [4.69, 9.17) is 52.1 Å². The molecule has 0 N–H and O–H groups in total. The molecule has 0 aliphatic carbocycles. The van der Waals surface area contributed by atoms with E-state index >= 15 is 0 Å². The summed E-state index contributed by atoms with van der Waals surface area (Å²) in [6.45, 7) is 13.9. The van der Waals surface area contributed by atoms with Gasteiger partial charge < -0.3 is 52.1 Å². The molecule has 12 heteroatoms. The van der Waals surface area contributed by atoms with Crippen molar-refractivity contribution >= 4 is 5.97 Å². The highest BCUT2D eigenvalue weighted by molar-refractivity contribution is 5.71. The third-order valence-corrected chi connectivity index (χ3v) is 4.91. The van der Waals surface area contributed by atoms with Crippen molar-refractivity contribution in [2.24, 2.45) is 0 Å². The molecule has 1 fully saturated rings. The average molecular weight is 569 g/mol. The van der Waals surface area contributed by atoms with Crippen molar-refractivity contribution in [2.75, 3.05) is 119 Å². The molecule has 1 unspecified atom stereocenters. The van der Waals surface area contributed by atoms with Crippen LogP contribution in [0.15, 0.2) is 0 Å². The molecule has 0 aromatic carbocycles. The quantitative estimate of drug-likeness (QED) is 0.107. The van der Waals surface area contributed by atoms with E-state index in [1.54, 1.807) is 0 Å². The Labute approximate surface area is 234 Å². The standard InChI is InChI=1S/C27H52O12/c1-27(2,3)39-25(28)24-36-21-20-34-17-16-32-13-12-30-9-8-29-10-11-31-14-15-33-18-19-35-22-23-38-26-6-4-5-7-37-26/h26H,4-24H2,1-3H3. The van der Waals surface area contributed by atoms with Crippen LogP contribution in [-0.4, -0.2) is 137 Å². The van der Waals surface area contributed by atoms with E-state index in [0.717, 1.165) is 25.9 Å². The molecule has 12 nitrogen and oxygen atoms in total. The lowest BCUT2D eigenvalue weighted by Crippen LogP contribution is -2.27. The van der Waals surface area contributed by atoms with Crippen LogP contribution in [-0.2, 0) is 56.9 Å². The van der Waals surface area contributed by atoms with Gasteiger partial charge in [-0.15, -0.1) is 0 Å². The minimum absolute atomic E-state index is 0.0673. The molecule has 1 rings (SSSR count). The Morgan fingerprint density at radius 2 is 0.974 bits per heavy atom. The molecule has 39 heavy (non-hydrogen) atoms. The number of hydrogen-bond donors (Lipinski definition) is 0. The van der Waals surface area contributed by atoms with Gasteiger partial charge in [0, 0.05) is 6.61 Å². The summed E-state index contributed by atoms with van der Waals surface area (Å²) in [5.41, 5.74) is -0.506. The Hall–Kier alpha value is -0.930. The maximum Gasteiger partial charge on any atom is 0.332 e. The minimum Gasteiger partial charge on any atom is -0.458 e. The third kappa shape index (κ3) is 27.0. The molecular formula is C27H52O12. The Morgan fingerprint density at radius 3 is 1.33 bits per heavy atom. The maximum absolute atomic E-state index is 11.5. The second-order valence-corrected chi connectivity index (χ2v) is 9.59. The number of ether oxygens (including phenoxy) is 11. The molecule has 0 bridgehead atoms. The summed E-state index contributed by atoms with van der Waals surface area (Å²) < 4.78 is 59.5. The molecule has 1 aliphatic heterocycles. The van der Waals surface area contributed by atoms with E-state index in [1.165, 1.54) is 0 Å². The van der Waals surface area contributed by atoms with Gasteiger partial charge in [-0.25, -0.2) is 4.79 Å². The third-order valence-electron chi connectivity index (χ3n) is 4.91. The lowest BCUT2D eigenvalue weighted by Gasteiger charge is -2.22. The maximum atomic E-state index is 11.5. The fourth-order valence-corrected chi connectivity index (χ4v) is 3.15. The SMILES string of the molecule is CC(C)(C)OC(=O)COCCOCCOCCOCCOCCOCCOCCOCCOC1CCCCO1. The lowest BCUT2D eigenvalue weighted by molar-refractivity contribution is -0.169. The summed E-state index contributed by atoms with van der Waals surface area (Å²) in [5, 5.41) is 0. The zero-order valence-corrected chi connectivity index (χ0v) is 24.3. The Kier molecular flexibility index (Phi) is 24.1. The highest BCUT2D eigenvalue weighted by Gasteiger charge is 2.16. The van der Waals surface area contributed by atoms with Crippen molar-refractivity contribution in [2.45, 2.75) is 51.9 Å². The van der Waals surface area contributed by atoms with Gasteiger partial charge in [0.1, 0.15) is 12.2 Å². The topological polar surface area (TPSA) is 119 Å². The number of carbonyl (C=O) groups excluding carboxylic acids is 1. The van der Waals surface area contributed by atoms with Crippen LogP contribution >= 0.6 is 0 Å². The Bertz CT molecular complexity index is 537.